The number of ether oxygens (including phenoxy) is 4. The number of hydrazone groups is 1. The molecule has 1 saturated heterocycles. The number of halogens is 1. The molecule has 0 unspecified atom stereocenters. The van der Waals surface area contributed by atoms with E-state index in [0.29, 0.717) is 46.0 Å². The fourth-order valence-corrected chi connectivity index (χ4v) is 4.76. The van der Waals surface area contributed by atoms with Gasteiger partial charge in [-0.2, -0.15) is 5.10 Å². The summed E-state index contributed by atoms with van der Waals surface area (Å²) in [5.74, 6) is 0.609. The van der Waals surface area contributed by atoms with Crippen LogP contribution in [0.2, 0.25) is 0 Å². The number of hydrogen-bond acceptors (Lipinski definition) is 8. The normalized spacial score (nSPS) is 14.0. The lowest BCUT2D eigenvalue weighted by atomic mass is 10.1. The number of nitrogens with one attached hydrogen (secondary N) is 1. The number of methoxy groups -OCH3 is 1. The number of benzene rings is 3. The first-order chi connectivity index (χ1) is 21.0. The number of rotatable bonds is 12. The summed E-state index contributed by atoms with van der Waals surface area (Å²) in [7, 11) is 1.57. The molecular weight excluding hydrogens is 551 g/mol. The Kier molecular flexibility index (Phi) is 10.1. The van der Waals surface area contributed by atoms with Crippen molar-refractivity contribution in [3.63, 3.8) is 0 Å². The molecule has 0 spiro atoms. The molecule has 1 aliphatic rings. The SMILES string of the molecule is COc1cc2c(Oc3ccc(CC(=O)N/N=C(\C)c4ccccc4)cc3F)ccnc2cc1OCCCN1CCOCC1. The second-order valence-corrected chi connectivity index (χ2v) is 10.1. The highest BCUT2D eigenvalue weighted by Gasteiger charge is 2.15. The van der Waals surface area contributed by atoms with Crippen LogP contribution in [0.1, 0.15) is 24.5 Å². The Balaban J connectivity index is 1.22. The third-order valence-electron chi connectivity index (χ3n) is 7.09. The highest BCUT2D eigenvalue weighted by molar-refractivity contribution is 5.99. The first kappa shape index (κ1) is 29.9. The maximum atomic E-state index is 15.1. The molecule has 0 aliphatic carbocycles. The number of nitrogens with zero attached hydrogens (tertiary/aromatic N) is 3. The van der Waals surface area contributed by atoms with Crippen LogP contribution < -0.4 is 19.6 Å². The van der Waals surface area contributed by atoms with Gasteiger partial charge in [0.25, 0.3) is 0 Å². The van der Waals surface area contributed by atoms with Crippen molar-refractivity contribution in [3.05, 3.63) is 89.9 Å². The van der Waals surface area contributed by atoms with Crippen molar-refractivity contribution in [1.29, 1.82) is 0 Å². The van der Waals surface area contributed by atoms with Gasteiger partial charge in [-0.05, 0) is 48.7 Å². The average Bonchev–Trinajstić information content (AvgIpc) is 3.04. The topological polar surface area (TPSA) is 94.5 Å². The Bertz CT molecular complexity index is 1570. The quantitative estimate of drug-likeness (QED) is 0.136. The maximum absolute atomic E-state index is 15.1. The molecular formula is C33H35FN4O5. The Labute approximate surface area is 250 Å². The molecule has 0 saturated carbocycles. The number of morpholine rings is 1. The van der Waals surface area contributed by atoms with E-state index in [9.17, 15) is 4.79 Å². The maximum Gasteiger partial charge on any atom is 0.244 e. The van der Waals surface area contributed by atoms with Crippen LogP contribution in [0.5, 0.6) is 23.0 Å². The van der Waals surface area contributed by atoms with Gasteiger partial charge >= 0.3 is 0 Å². The zero-order valence-electron chi connectivity index (χ0n) is 24.3. The van der Waals surface area contributed by atoms with Gasteiger partial charge in [-0.1, -0.05) is 36.4 Å². The summed E-state index contributed by atoms with van der Waals surface area (Å²) in [6.45, 7) is 6.69. The number of hydrogen-bond donors (Lipinski definition) is 1. The fourth-order valence-electron chi connectivity index (χ4n) is 4.76. The molecule has 1 fully saturated rings. The minimum Gasteiger partial charge on any atom is -0.493 e. The average molecular weight is 587 g/mol. The molecule has 4 aromatic rings. The predicted molar refractivity (Wildman–Crippen MR) is 163 cm³/mol. The van der Waals surface area contributed by atoms with Crippen LogP contribution in [0.15, 0.2) is 78.0 Å². The largest absolute Gasteiger partial charge is 0.493 e. The number of carbonyl (C=O) groups is 1. The third kappa shape index (κ3) is 8.06. The van der Waals surface area contributed by atoms with Crippen molar-refractivity contribution >= 4 is 22.5 Å². The highest BCUT2D eigenvalue weighted by atomic mass is 19.1. The zero-order valence-corrected chi connectivity index (χ0v) is 24.3. The van der Waals surface area contributed by atoms with Crippen molar-refractivity contribution in [3.8, 4) is 23.0 Å². The van der Waals surface area contributed by atoms with E-state index in [0.717, 1.165) is 44.8 Å². The summed E-state index contributed by atoms with van der Waals surface area (Å²) < 4.78 is 38.1. The fraction of sp³-hybridized carbons (Fsp3) is 0.303. The number of pyridine rings is 1. The predicted octanol–water partition coefficient (Wildman–Crippen LogP) is 5.36. The van der Waals surface area contributed by atoms with Crippen molar-refractivity contribution in [1.82, 2.24) is 15.3 Å². The van der Waals surface area contributed by atoms with E-state index in [1.54, 1.807) is 37.6 Å². The van der Waals surface area contributed by atoms with Crippen LogP contribution in [-0.4, -0.2) is 68.1 Å². The van der Waals surface area contributed by atoms with Gasteiger partial charge in [-0.15, -0.1) is 0 Å². The van der Waals surface area contributed by atoms with Gasteiger partial charge < -0.3 is 18.9 Å². The van der Waals surface area contributed by atoms with Crippen molar-refractivity contribution < 1.29 is 28.1 Å². The van der Waals surface area contributed by atoms with Crippen molar-refractivity contribution in [2.24, 2.45) is 5.10 Å². The van der Waals surface area contributed by atoms with Gasteiger partial charge in [0.2, 0.25) is 5.91 Å². The van der Waals surface area contributed by atoms with Crippen LogP contribution in [-0.2, 0) is 16.0 Å². The summed E-state index contributed by atoms with van der Waals surface area (Å²) in [6, 6.07) is 19.2. The zero-order chi connectivity index (χ0) is 30.0. The summed E-state index contributed by atoms with van der Waals surface area (Å²) in [5, 5.41) is 4.79. The monoisotopic (exact) mass is 586 g/mol. The van der Waals surface area contributed by atoms with Crippen LogP contribution >= 0.6 is 0 Å². The Morgan fingerprint density at radius 2 is 1.84 bits per heavy atom. The molecule has 1 aromatic heterocycles. The van der Waals surface area contributed by atoms with Gasteiger partial charge in [0, 0.05) is 37.3 Å². The highest BCUT2D eigenvalue weighted by Crippen LogP contribution is 2.37. The molecule has 3 aromatic carbocycles. The summed E-state index contributed by atoms with van der Waals surface area (Å²) in [6.07, 6.45) is 2.43. The number of carbonyl (C=O) groups excluding carboxylic acids is 1. The van der Waals surface area contributed by atoms with E-state index < -0.39 is 5.82 Å². The minimum absolute atomic E-state index is 0.0250. The van der Waals surface area contributed by atoms with Gasteiger partial charge in [-0.3, -0.25) is 14.7 Å². The molecule has 0 radical (unpaired) electrons. The molecule has 43 heavy (non-hydrogen) atoms. The molecule has 1 N–H and O–H groups in total. The van der Waals surface area contributed by atoms with Gasteiger partial charge in [0.15, 0.2) is 23.1 Å². The molecule has 1 aliphatic heterocycles. The Hall–Kier alpha value is -4.54. The molecule has 9 nitrogen and oxygen atoms in total. The van der Waals surface area contributed by atoms with Gasteiger partial charge in [-0.25, -0.2) is 9.82 Å². The molecule has 0 atom stereocenters. The van der Waals surface area contributed by atoms with Gasteiger partial charge in [0.1, 0.15) is 5.75 Å². The molecule has 0 bridgehead atoms. The summed E-state index contributed by atoms with van der Waals surface area (Å²) in [5.41, 5.74) is 5.22. The summed E-state index contributed by atoms with van der Waals surface area (Å²) in [4.78, 5) is 19.2. The molecule has 1 amide bonds. The smallest absolute Gasteiger partial charge is 0.244 e. The second-order valence-electron chi connectivity index (χ2n) is 10.1. The molecule has 224 valence electrons. The van der Waals surface area contributed by atoms with E-state index in [2.05, 4.69) is 20.4 Å². The van der Waals surface area contributed by atoms with E-state index in [1.807, 2.05) is 37.3 Å². The van der Waals surface area contributed by atoms with Crippen LogP contribution in [0.3, 0.4) is 0 Å². The third-order valence-corrected chi connectivity index (χ3v) is 7.09. The standard InChI is InChI=1S/C33H35FN4O5/c1-23(25-7-4-3-5-8-25)36-37-33(39)20-24-9-10-30(27(34)19-24)43-29-11-12-35-28-22-32(31(40-2)21-26(28)29)42-16-6-13-38-14-17-41-18-15-38/h3-5,7-12,19,21-22H,6,13-18,20H2,1-2H3,(H,37,39)/b36-23+. The van der Waals surface area contributed by atoms with Crippen molar-refractivity contribution in [2.45, 2.75) is 19.8 Å². The van der Waals surface area contributed by atoms with Crippen molar-refractivity contribution in [2.75, 3.05) is 46.6 Å². The lowest BCUT2D eigenvalue weighted by Gasteiger charge is -2.26. The lowest BCUT2D eigenvalue weighted by Crippen LogP contribution is -2.37. The van der Waals surface area contributed by atoms with E-state index in [1.165, 1.54) is 12.1 Å². The lowest BCUT2D eigenvalue weighted by molar-refractivity contribution is -0.120. The van der Waals surface area contributed by atoms with E-state index >= 15 is 4.39 Å². The number of amides is 1. The molecule has 2 heterocycles. The first-order valence-electron chi connectivity index (χ1n) is 14.2. The molecule has 5 rings (SSSR count). The number of fused-ring (bicyclic) bond motifs is 1. The van der Waals surface area contributed by atoms with Crippen LogP contribution in [0, 0.1) is 5.82 Å². The number of aromatic nitrogens is 1. The first-order valence-corrected chi connectivity index (χ1v) is 14.2. The van der Waals surface area contributed by atoms with E-state index in [-0.39, 0.29) is 18.1 Å². The van der Waals surface area contributed by atoms with E-state index in [4.69, 9.17) is 18.9 Å². The van der Waals surface area contributed by atoms with Gasteiger partial charge in [0.05, 0.1) is 44.6 Å². The summed E-state index contributed by atoms with van der Waals surface area (Å²) >= 11 is 0. The second kappa shape index (κ2) is 14.6. The minimum atomic E-state index is -0.591. The van der Waals surface area contributed by atoms with Crippen LogP contribution in [0.4, 0.5) is 4.39 Å². The van der Waals surface area contributed by atoms with Crippen LogP contribution in [0.25, 0.3) is 10.9 Å². The Morgan fingerprint density at radius 1 is 1.02 bits per heavy atom. The molecule has 10 heteroatoms. The Morgan fingerprint density at radius 3 is 2.60 bits per heavy atom.